The molecule has 0 saturated heterocycles. The zero-order chi connectivity index (χ0) is 7.11. The van der Waals surface area contributed by atoms with Crippen molar-refractivity contribution in [2.75, 3.05) is 6.54 Å². The van der Waals surface area contributed by atoms with E-state index in [2.05, 4.69) is 37.6 Å². The summed E-state index contributed by atoms with van der Waals surface area (Å²) in [6.07, 6.45) is 5.62. The van der Waals surface area contributed by atoms with Crippen molar-refractivity contribution in [2.45, 2.75) is 19.4 Å². The van der Waals surface area contributed by atoms with E-state index in [0.29, 0.717) is 6.04 Å². The minimum atomic E-state index is 0.667. The molecular weight excluding hydrogens is 110 g/mol. The Kier molecular flexibility index (Phi) is 5.23. The molecule has 0 spiro atoms. The third-order valence-corrected chi connectivity index (χ3v) is 1.31. The maximum atomic E-state index is 3.30. The summed E-state index contributed by atoms with van der Waals surface area (Å²) in [7, 11) is 0. The molecule has 0 aliphatic carbocycles. The van der Waals surface area contributed by atoms with Gasteiger partial charge in [0.2, 0.25) is 0 Å². The van der Waals surface area contributed by atoms with E-state index >= 15 is 0 Å². The lowest BCUT2D eigenvalue weighted by molar-refractivity contribution is 0.649. The Hall–Kier alpha value is -0.560. The van der Waals surface area contributed by atoms with Crippen LogP contribution < -0.4 is 5.32 Å². The lowest BCUT2D eigenvalue weighted by Crippen LogP contribution is -2.20. The first-order valence-electron chi connectivity index (χ1n) is 3.33. The van der Waals surface area contributed by atoms with Crippen LogP contribution in [-0.4, -0.2) is 12.6 Å². The second-order valence-corrected chi connectivity index (χ2v) is 1.85. The summed E-state index contributed by atoms with van der Waals surface area (Å²) < 4.78 is 0. The van der Waals surface area contributed by atoms with Crippen LogP contribution in [0.25, 0.3) is 0 Å². The molecule has 1 heterocycles. The Morgan fingerprint density at radius 2 is 2.33 bits per heavy atom. The van der Waals surface area contributed by atoms with Gasteiger partial charge in [-0.1, -0.05) is 19.1 Å². The predicted octanol–water partition coefficient (Wildman–Crippen LogP) is 1.73. The van der Waals surface area contributed by atoms with Crippen LogP contribution in [0, 0.1) is 0 Å². The molecule has 0 aromatic rings. The summed E-state index contributed by atoms with van der Waals surface area (Å²) in [6.45, 7) is 9.26. The van der Waals surface area contributed by atoms with Gasteiger partial charge in [0.05, 0.1) is 0 Å². The van der Waals surface area contributed by atoms with Gasteiger partial charge in [-0.3, -0.25) is 0 Å². The van der Waals surface area contributed by atoms with Crippen LogP contribution in [0.5, 0.6) is 0 Å². The second-order valence-electron chi connectivity index (χ2n) is 1.85. The summed E-state index contributed by atoms with van der Waals surface area (Å²) in [5.74, 6) is 0. The highest BCUT2D eigenvalue weighted by molar-refractivity contribution is 5.00. The van der Waals surface area contributed by atoms with E-state index in [4.69, 9.17) is 0 Å². The normalized spacial score (nSPS) is 23.0. The van der Waals surface area contributed by atoms with Crippen molar-refractivity contribution in [2.24, 2.45) is 0 Å². The van der Waals surface area contributed by atoms with Crippen molar-refractivity contribution in [1.82, 2.24) is 5.32 Å². The van der Waals surface area contributed by atoms with E-state index in [0.717, 1.165) is 6.54 Å². The number of nitrogens with one attached hydrogen (secondary N) is 1. The monoisotopic (exact) mass is 125 g/mol. The third-order valence-electron chi connectivity index (χ3n) is 1.31. The Labute approximate surface area is 57.5 Å². The number of rotatable bonds is 1. The van der Waals surface area contributed by atoms with Crippen LogP contribution in [-0.2, 0) is 0 Å². The number of hydrogen-bond donors (Lipinski definition) is 1. The average molecular weight is 125 g/mol. The van der Waals surface area contributed by atoms with E-state index in [-0.39, 0.29) is 0 Å². The maximum absolute atomic E-state index is 3.30. The van der Waals surface area contributed by atoms with Gasteiger partial charge >= 0.3 is 0 Å². The smallest absolute Gasteiger partial charge is 0.0250 e. The predicted molar refractivity (Wildman–Crippen MR) is 42.5 cm³/mol. The summed E-state index contributed by atoms with van der Waals surface area (Å²) in [6, 6.07) is 0.667. The standard InChI is InChI=1S/C6H11N.C2H4/c1-2-6-4-3-5-7-6;1-2/h3-4,6-7H,2,5H2,1H3;1-2H2. The SMILES string of the molecule is C=C.CCC1C=CCN1. The highest BCUT2D eigenvalue weighted by Crippen LogP contribution is 1.97. The van der Waals surface area contributed by atoms with Crippen LogP contribution in [0.4, 0.5) is 0 Å². The van der Waals surface area contributed by atoms with Crippen LogP contribution in [0.1, 0.15) is 13.3 Å². The fourth-order valence-corrected chi connectivity index (χ4v) is 0.800. The van der Waals surface area contributed by atoms with Gasteiger partial charge in [-0.25, -0.2) is 0 Å². The minimum Gasteiger partial charge on any atom is -0.307 e. The summed E-state index contributed by atoms with van der Waals surface area (Å²) >= 11 is 0. The van der Waals surface area contributed by atoms with Gasteiger partial charge in [0.1, 0.15) is 0 Å². The first-order chi connectivity index (χ1) is 4.43. The van der Waals surface area contributed by atoms with Gasteiger partial charge < -0.3 is 5.32 Å². The van der Waals surface area contributed by atoms with Crippen molar-refractivity contribution in [3.63, 3.8) is 0 Å². The van der Waals surface area contributed by atoms with E-state index in [1.54, 1.807) is 0 Å². The van der Waals surface area contributed by atoms with E-state index < -0.39 is 0 Å². The lowest BCUT2D eigenvalue weighted by Gasteiger charge is -2.01. The summed E-state index contributed by atoms with van der Waals surface area (Å²) in [5.41, 5.74) is 0. The maximum Gasteiger partial charge on any atom is 0.0250 e. The fraction of sp³-hybridized carbons (Fsp3) is 0.500. The van der Waals surface area contributed by atoms with Gasteiger partial charge in [0, 0.05) is 12.6 Å². The molecule has 1 atom stereocenters. The van der Waals surface area contributed by atoms with Gasteiger partial charge in [0.25, 0.3) is 0 Å². The molecule has 1 aliphatic rings. The van der Waals surface area contributed by atoms with Crippen molar-refractivity contribution in [3.8, 4) is 0 Å². The molecule has 0 saturated carbocycles. The molecule has 0 amide bonds. The molecular formula is C8H15N. The molecule has 0 fully saturated rings. The Morgan fingerprint density at radius 1 is 1.67 bits per heavy atom. The third kappa shape index (κ3) is 3.09. The molecule has 1 unspecified atom stereocenters. The zero-order valence-corrected chi connectivity index (χ0v) is 6.06. The first-order valence-corrected chi connectivity index (χ1v) is 3.33. The zero-order valence-electron chi connectivity index (χ0n) is 6.06. The average Bonchev–Trinajstić information content (AvgIpc) is 2.43. The van der Waals surface area contributed by atoms with Crippen LogP contribution in [0.2, 0.25) is 0 Å². The Balaban J connectivity index is 0.000000291. The van der Waals surface area contributed by atoms with Crippen molar-refractivity contribution < 1.29 is 0 Å². The van der Waals surface area contributed by atoms with Crippen molar-refractivity contribution in [1.29, 1.82) is 0 Å². The molecule has 0 aromatic heterocycles. The molecule has 1 heteroatoms. The fourth-order valence-electron chi connectivity index (χ4n) is 0.800. The van der Waals surface area contributed by atoms with E-state index in [1.165, 1.54) is 6.42 Å². The van der Waals surface area contributed by atoms with E-state index in [9.17, 15) is 0 Å². The second kappa shape index (κ2) is 5.57. The lowest BCUT2D eigenvalue weighted by atomic mass is 10.2. The molecule has 0 bridgehead atoms. The molecule has 9 heavy (non-hydrogen) atoms. The number of hydrogen-bond acceptors (Lipinski definition) is 1. The molecule has 0 radical (unpaired) electrons. The Morgan fingerprint density at radius 3 is 2.56 bits per heavy atom. The quantitative estimate of drug-likeness (QED) is 0.526. The molecule has 1 aliphatic heterocycles. The van der Waals surface area contributed by atoms with Crippen LogP contribution in [0.3, 0.4) is 0 Å². The van der Waals surface area contributed by atoms with Gasteiger partial charge in [-0.2, -0.15) is 0 Å². The minimum absolute atomic E-state index is 0.667. The first kappa shape index (κ1) is 8.44. The van der Waals surface area contributed by atoms with Gasteiger partial charge in [-0.15, -0.1) is 13.2 Å². The van der Waals surface area contributed by atoms with Crippen molar-refractivity contribution in [3.05, 3.63) is 25.3 Å². The Bertz CT molecular complexity index is 86.6. The van der Waals surface area contributed by atoms with Crippen LogP contribution >= 0.6 is 0 Å². The van der Waals surface area contributed by atoms with E-state index in [1.807, 2.05) is 0 Å². The topological polar surface area (TPSA) is 12.0 Å². The molecule has 1 nitrogen and oxygen atoms in total. The summed E-state index contributed by atoms with van der Waals surface area (Å²) in [5, 5.41) is 3.30. The summed E-state index contributed by atoms with van der Waals surface area (Å²) in [4.78, 5) is 0. The molecule has 0 aromatic carbocycles. The molecule has 1 N–H and O–H groups in total. The van der Waals surface area contributed by atoms with Gasteiger partial charge in [-0.05, 0) is 6.42 Å². The van der Waals surface area contributed by atoms with Crippen molar-refractivity contribution >= 4 is 0 Å². The largest absolute Gasteiger partial charge is 0.307 e. The van der Waals surface area contributed by atoms with Gasteiger partial charge in [0.15, 0.2) is 0 Å². The highest BCUT2D eigenvalue weighted by atomic mass is 14.9. The highest BCUT2D eigenvalue weighted by Gasteiger charge is 2.01. The van der Waals surface area contributed by atoms with Crippen LogP contribution in [0.15, 0.2) is 25.3 Å². The molecule has 52 valence electrons. The molecule has 1 rings (SSSR count).